The SMILES string of the molecule is CCC(C)C(=O)N(C)c1ccc2scc(C3CCN(CC)CC3)c2c1. The standard InChI is InChI=1S/C21H30N2OS/c1-5-15(3)21(24)22(4)17-7-8-20-18(13-17)19(14-25-20)16-9-11-23(6-2)12-10-16/h7-8,13-16H,5-6,9-12H2,1-4H3. The third-order valence-corrected chi connectivity index (χ3v) is 6.80. The second kappa shape index (κ2) is 7.88. The van der Waals surface area contributed by atoms with Gasteiger partial charge in [0.2, 0.25) is 5.91 Å². The molecule has 25 heavy (non-hydrogen) atoms. The van der Waals surface area contributed by atoms with E-state index in [9.17, 15) is 4.79 Å². The lowest BCUT2D eigenvalue weighted by atomic mass is 9.89. The van der Waals surface area contributed by atoms with Crippen LogP contribution < -0.4 is 4.90 Å². The molecular formula is C21H30N2OS. The topological polar surface area (TPSA) is 23.6 Å². The van der Waals surface area contributed by atoms with Gasteiger partial charge in [-0.15, -0.1) is 11.3 Å². The van der Waals surface area contributed by atoms with Crippen molar-refractivity contribution in [1.29, 1.82) is 0 Å². The maximum absolute atomic E-state index is 12.5. The van der Waals surface area contributed by atoms with Gasteiger partial charge in [0.15, 0.2) is 0 Å². The molecule has 1 aliphatic heterocycles. The van der Waals surface area contributed by atoms with Gasteiger partial charge in [-0.05, 0) is 79.3 Å². The molecule has 2 heterocycles. The molecule has 1 unspecified atom stereocenters. The molecule has 1 aromatic carbocycles. The summed E-state index contributed by atoms with van der Waals surface area (Å²) in [4.78, 5) is 16.9. The summed E-state index contributed by atoms with van der Waals surface area (Å²) in [5, 5.41) is 3.69. The van der Waals surface area contributed by atoms with E-state index in [1.165, 1.54) is 41.6 Å². The highest BCUT2D eigenvalue weighted by molar-refractivity contribution is 7.17. The molecule has 0 N–H and O–H groups in total. The number of hydrogen-bond donors (Lipinski definition) is 0. The van der Waals surface area contributed by atoms with E-state index < -0.39 is 0 Å². The first-order chi connectivity index (χ1) is 12.0. The number of amides is 1. The number of nitrogens with zero attached hydrogens (tertiary/aromatic N) is 2. The van der Waals surface area contributed by atoms with Crippen molar-refractivity contribution in [2.24, 2.45) is 5.92 Å². The summed E-state index contributed by atoms with van der Waals surface area (Å²) in [5.74, 6) is 0.929. The Morgan fingerprint density at radius 2 is 2.04 bits per heavy atom. The zero-order valence-electron chi connectivity index (χ0n) is 15.9. The highest BCUT2D eigenvalue weighted by Crippen LogP contribution is 2.38. The minimum Gasteiger partial charge on any atom is -0.315 e. The first kappa shape index (κ1) is 18.4. The van der Waals surface area contributed by atoms with Gasteiger partial charge in [-0.2, -0.15) is 0 Å². The zero-order valence-corrected chi connectivity index (χ0v) is 16.7. The van der Waals surface area contributed by atoms with E-state index in [4.69, 9.17) is 0 Å². The molecule has 0 saturated carbocycles. The van der Waals surface area contributed by atoms with Crippen molar-refractivity contribution in [1.82, 2.24) is 4.90 Å². The highest BCUT2D eigenvalue weighted by atomic mass is 32.1. The first-order valence-corrected chi connectivity index (χ1v) is 10.4. The van der Waals surface area contributed by atoms with Crippen LogP contribution in [0.15, 0.2) is 23.6 Å². The van der Waals surface area contributed by atoms with Crippen LogP contribution in [0.5, 0.6) is 0 Å². The summed E-state index contributed by atoms with van der Waals surface area (Å²) >= 11 is 1.84. The Morgan fingerprint density at radius 1 is 1.32 bits per heavy atom. The van der Waals surface area contributed by atoms with Gasteiger partial charge in [-0.25, -0.2) is 0 Å². The van der Waals surface area contributed by atoms with Gasteiger partial charge in [-0.3, -0.25) is 4.79 Å². The Hall–Kier alpha value is -1.39. The average molecular weight is 359 g/mol. The summed E-state index contributed by atoms with van der Waals surface area (Å²) in [6.45, 7) is 9.88. The second-order valence-electron chi connectivity index (χ2n) is 7.29. The molecule has 0 radical (unpaired) electrons. The Balaban J connectivity index is 1.86. The number of fused-ring (bicyclic) bond motifs is 1. The molecule has 1 atom stereocenters. The number of carbonyl (C=O) groups is 1. The van der Waals surface area contributed by atoms with Crippen LogP contribution in [0.4, 0.5) is 5.69 Å². The number of piperidine rings is 1. The van der Waals surface area contributed by atoms with Crippen molar-refractivity contribution in [3.8, 4) is 0 Å². The van der Waals surface area contributed by atoms with Crippen molar-refractivity contribution in [2.75, 3.05) is 31.6 Å². The quantitative estimate of drug-likeness (QED) is 0.741. The lowest BCUT2D eigenvalue weighted by molar-refractivity contribution is -0.121. The normalized spacial score (nSPS) is 17.8. The van der Waals surface area contributed by atoms with Crippen molar-refractivity contribution < 1.29 is 4.79 Å². The largest absolute Gasteiger partial charge is 0.315 e. The lowest BCUT2D eigenvalue weighted by Crippen LogP contribution is -2.32. The maximum Gasteiger partial charge on any atom is 0.229 e. The van der Waals surface area contributed by atoms with Gasteiger partial charge in [0.05, 0.1) is 0 Å². The molecule has 0 aliphatic carbocycles. The Labute approximate surface area is 155 Å². The first-order valence-electron chi connectivity index (χ1n) is 9.56. The van der Waals surface area contributed by atoms with Crippen molar-refractivity contribution in [3.63, 3.8) is 0 Å². The van der Waals surface area contributed by atoms with Gasteiger partial charge in [-0.1, -0.05) is 20.8 Å². The Morgan fingerprint density at radius 3 is 2.68 bits per heavy atom. The fourth-order valence-electron chi connectivity index (χ4n) is 3.75. The number of carbonyl (C=O) groups excluding carboxylic acids is 1. The lowest BCUT2D eigenvalue weighted by Gasteiger charge is -2.31. The number of anilines is 1. The van der Waals surface area contributed by atoms with Crippen LogP contribution in [0, 0.1) is 5.92 Å². The number of benzene rings is 1. The molecule has 0 bridgehead atoms. The molecule has 1 saturated heterocycles. The Bertz CT molecular complexity index is 731. The van der Waals surface area contributed by atoms with E-state index in [1.54, 1.807) is 0 Å². The van der Waals surface area contributed by atoms with Gasteiger partial charge >= 0.3 is 0 Å². The van der Waals surface area contributed by atoms with Gasteiger partial charge in [0, 0.05) is 23.4 Å². The number of likely N-dealkylation sites (tertiary alicyclic amines) is 1. The monoisotopic (exact) mass is 358 g/mol. The number of hydrogen-bond acceptors (Lipinski definition) is 3. The van der Waals surface area contributed by atoms with Crippen LogP contribution >= 0.6 is 11.3 Å². The fourth-order valence-corrected chi connectivity index (χ4v) is 4.78. The van der Waals surface area contributed by atoms with E-state index in [0.29, 0.717) is 5.92 Å². The summed E-state index contributed by atoms with van der Waals surface area (Å²) in [7, 11) is 1.90. The molecule has 1 amide bonds. The molecule has 0 spiro atoms. The van der Waals surface area contributed by atoms with E-state index in [-0.39, 0.29) is 11.8 Å². The minimum atomic E-state index is 0.0704. The molecule has 1 fully saturated rings. The highest BCUT2D eigenvalue weighted by Gasteiger charge is 2.23. The molecular weight excluding hydrogens is 328 g/mol. The van der Waals surface area contributed by atoms with Crippen LogP contribution in [0.1, 0.15) is 51.5 Å². The predicted molar refractivity (Wildman–Crippen MR) is 109 cm³/mol. The Kier molecular flexibility index (Phi) is 5.80. The molecule has 136 valence electrons. The van der Waals surface area contributed by atoms with Crippen LogP contribution in [-0.4, -0.2) is 37.5 Å². The van der Waals surface area contributed by atoms with Crippen LogP contribution in [0.2, 0.25) is 0 Å². The summed E-state index contributed by atoms with van der Waals surface area (Å²) in [6, 6.07) is 6.50. The van der Waals surface area contributed by atoms with Gasteiger partial charge in [0.1, 0.15) is 0 Å². The third kappa shape index (κ3) is 3.75. The molecule has 1 aromatic heterocycles. The summed E-state index contributed by atoms with van der Waals surface area (Å²) < 4.78 is 1.33. The predicted octanol–water partition coefficient (Wildman–Crippen LogP) is 5.11. The van der Waals surface area contributed by atoms with Crippen LogP contribution in [-0.2, 0) is 4.79 Å². The molecule has 3 rings (SSSR count). The molecule has 2 aromatic rings. The van der Waals surface area contributed by atoms with E-state index in [2.05, 4.69) is 42.3 Å². The number of rotatable bonds is 5. The van der Waals surface area contributed by atoms with Crippen molar-refractivity contribution in [2.45, 2.75) is 46.0 Å². The minimum absolute atomic E-state index is 0.0704. The van der Waals surface area contributed by atoms with Gasteiger partial charge < -0.3 is 9.80 Å². The maximum atomic E-state index is 12.5. The van der Waals surface area contributed by atoms with Gasteiger partial charge in [0.25, 0.3) is 0 Å². The number of thiophene rings is 1. The van der Waals surface area contributed by atoms with Crippen LogP contribution in [0.25, 0.3) is 10.1 Å². The van der Waals surface area contributed by atoms with Crippen molar-refractivity contribution >= 4 is 33.0 Å². The molecule has 1 aliphatic rings. The summed E-state index contributed by atoms with van der Waals surface area (Å²) in [5.41, 5.74) is 2.51. The van der Waals surface area contributed by atoms with Crippen molar-refractivity contribution in [3.05, 3.63) is 29.1 Å². The third-order valence-electron chi connectivity index (χ3n) is 5.81. The van der Waals surface area contributed by atoms with Crippen LogP contribution in [0.3, 0.4) is 0 Å². The van der Waals surface area contributed by atoms with E-state index >= 15 is 0 Å². The zero-order chi connectivity index (χ0) is 18.0. The molecule has 4 heteroatoms. The molecule has 3 nitrogen and oxygen atoms in total. The van der Waals surface area contributed by atoms with E-state index in [1.807, 2.05) is 30.2 Å². The van der Waals surface area contributed by atoms with E-state index in [0.717, 1.165) is 18.7 Å². The average Bonchev–Trinajstić information content (AvgIpc) is 3.09. The summed E-state index contributed by atoms with van der Waals surface area (Å²) in [6.07, 6.45) is 3.36. The fraction of sp³-hybridized carbons (Fsp3) is 0.571. The second-order valence-corrected chi connectivity index (χ2v) is 8.20. The smallest absolute Gasteiger partial charge is 0.229 e.